The molecular formula is C20H22N2O5. The minimum atomic E-state index is -1.09. The quantitative estimate of drug-likeness (QED) is 0.627. The van der Waals surface area contributed by atoms with Gasteiger partial charge in [0.2, 0.25) is 5.91 Å². The van der Waals surface area contributed by atoms with Crippen LogP contribution in [0.4, 0.5) is 5.69 Å². The first-order valence-corrected chi connectivity index (χ1v) is 8.54. The number of aliphatic carboxylic acids is 1. The summed E-state index contributed by atoms with van der Waals surface area (Å²) >= 11 is 0. The monoisotopic (exact) mass is 370 g/mol. The maximum Gasteiger partial charge on any atom is 0.322 e. The number of benzene rings is 2. The van der Waals surface area contributed by atoms with Crippen molar-refractivity contribution in [3.8, 4) is 0 Å². The number of nitrogens with one attached hydrogen (secondary N) is 2. The van der Waals surface area contributed by atoms with Crippen LogP contribution in [-0.2, 0) is 25.5 Å². The zero-order valence-electron chi connectivity index (χ0n) is 15.0. The molecule has 0 heterocycles. The molecule has 3 N–H and O–H groups in total. The van der Waals surface area contributed by atoms with Crippen LogP contribution in [0.15, 0.2) is 54.6 Å². The van der Waals surface area contributed by atoms with Gasteiger partial charge >= 0.3 is 5.97 Å². The van der Waals surface area contributed by atoms with Crippen LogP contribution in [0, 0.1) is 0 Å². The number of rotatable bonds is 9. The first-order valence-electron chi connectivity index (χ1n) is 8.54. The summed E-state index contributed by atoms with van der Waals surface area (Å²) in [7, 11) is 0. The normalized spacial score (nSPS) is 11.4. The number of ether oxygens (including phenoxy) is 1. The largest absolute Gasteiger partial charge is 0.480 e. The van der Waals surface area contributed by atoms with Crippen LogP contribution in [0.1, 0.15) is 24.2 Å². The van der Waals surface area contributed by atoms with E-state index in [1.165, 1.54) is 0 Å². The molecule has 2 rings (SSSR count). The number of carboxylic acid groups (broad SMARTS) is 1. The lowest BCUT2D eigenvalue weighted by atomic mass is 10.1. The van der Waals surface area contributed by atoms with E-state index in [2.05, 4.69) is 10.6 Å². The Kier molecular flexibility index (Phi) is 7.51. The first-order chi connectivity index (χ1) is 13.0. The molecule has 0 saturated heterocycles. The predicted octanol–water partition coefficient (Wildman–Crippen LogP) is 2.15. The number of hydrogen-bond donors (Lipinski definition) is 3. The highest BCUT2D eigenvalue weighted by Gasteiger charge is 2.20. The second-order valence-electron chi connectivity index (χ2n) is 5.78. The molecule has 0 radical (unpaired) electrons. The van der Waals surface area contributed by atoms with E-state index in [0.717, 1.165) is 5.56 Å². The van der Waals surface area contributed by atoms with Gasteiger partial charge in [-0.25, -0.2) is 0 Å². The summed E-state index contributed by atoms with van der Waals surface area (Å²) in [5.74, 6) is -1.76. The van der Waals surface area contributed by atoms with Crippen LogP contribution in [-0.4, -0.2) is 36.0 Å². The Morgan fingerprint density at radius 2 is 1.70 bits per heavy atom. The van der Waals surface area contributed by atoms with Crippen LogP contribution in [0.5, 0.6) is 0 Å². The van der Waals surface area contributed by atoms with Crippen molar-refractivity contribution in [2.75, 3.05) is 18.5 Å². The molecule has 2 aromatic carbocycles. The van der Waals surface area contributed by atoms with Crippen LogP contribution in [0.3, 0.4) is 0 Å². The van der Waals surface area contributed by atoms with Gasteiger partial charge in [-0.2, -0.15) is 0 Å². The molecule has 2 aromatic rings. The first kappa shape index (κ1) is 20.1. The summed E-state index contributed by atoms with van der Waals surface area (Å²) in [4.78, 5) is 34.6. The van der Waals surface area contributed by atoms with Crippen molar-refractivity contribution in [3.63, 3.8) is 0 Å². The molecule has 1 atom stereocenters. The highest BCUT2D eigenvalue weighted by molar-refractivity contribution is 5.95. The number of anilines is 1. The summed E-state index contributed by atoms with van der Waals surface area (Å²) in [5, 5.41) is 13.7. The number of hydrogen-bond acceptors (Lipinski definition) is 4. The van der Waals surface area contributed by atoms with Crippen LogP contribution < -0.4 is 10.6 Å². The van der Waals surface area contributed by atoms with Gasteiger partial charge in [0, 0.05) is 12.3 Å². The van der Waals surface area contributed by atoms with E-state index >= 15 is 0 Å². The number of carbonyl (C=O) groups excluding carboxylic acids is 2. The van der Waals surface area contributed by atoms with E-state index in [1.54, 1.807) is 24.3 Å². The van der Waals surface area contributed by atoms with Gasteiger partial charge in [-0.05, 0) is 30.2 Å². The van der Waals surface area contributed by atoms with Crippen molar-refractivity contribution in [2.45, 2.75) is 19.4 Å². The smallest absolute Gasteiger partial charge is 0.322 e. The van der Waals surface area contributed by atoms with Gasteiger partial charge in [0.15, 0.2) is 6.10 Å². The second-order valence-corrected chi connectivity index (χ2v) is 5.78. The molecule has 0 aromatic heterocycles. The lowest BCUT2D eigenvalue weighted by molar-refractivity contribution is -0.137. The third-order valence-electron chi connectivity index (χ3n) is 3.70. The molecule has 142 valence electrons. The third kappa shape index (κ3) is 6.56. The fourth-order valence-electron chi connectivity index (χ4n) is 2.45. The molecule has 0 spiro atoms. The standard InChI is InChI=1S/C20H22N2O5/c1-2-27-19(15-6-4-3-5-7-15)20(26)22-16-10-8-14(9-11-16)12-17(23)21-13-18(24)25/h3-11,19H,2,12-13H2,1H3,(H,21,23)(H,22,26)(H,24,25). The topological polar surface area (TPSA) is 105 Å². The van der Waals surface area contributed by atoms with E-state index in [4.69, 9.17) is 9.84 Å². The molecular weight excluding hydrogens is 348 g/mol. The fraction of sp³-hybridized carbons (Fsp3) is 0.250. The predicted molar refractivity (Wildman–Crippen MR) is 100 cm³/mol. The van der Waals surface area contributed by atoms with Crippen LogP contribution in [0.2, 0.25) is 0 Å². The fourth-order valence-corrected chi connectivity index (χ4v) is 2.45. The van der Waals surface area contributed by atoms with Gasteiger partial charge < -0.3 is 20.5 Å². The van der Waals surface area contributed by atoms with Gasteiger partial charge in [0.25, 0.3) is 5.91 Å². The summed E-state index contributed by atoms with van der Waals surface area (Å²) in [6, 6.07) is 16.0. The highest BCUT2D eigenvalue weighted by atomic mass is 16.5. The average Bonchev–Trinajstić information content (AvgIpc) is 2.66. The molecule has 0 aliphatic heterocycles. The van der Waals surface area contributed by atoms with Crippen molar-refractivity contribution in [2.24, 2.45) is 0 Å². The lowest BCUT2D eigenvalue weighted by Gasteiger charge is -2.17. The Bertz CT molecular complexity index is 775. The summed E-state index contributed by atoms with van der Waals surface area (Å²) in [5.41, 5.74) is 2.05. The lowest BCUT2D eigenvalue weighted by Crippen LogP contribution is -2.30. The highest BCUT2D eigenvalue weighted by Crippen LogP contribution is 2.20. The molecule has 7 nitrogen and oxygen atoms in total. The third-order valence-corrected chi connectivity index (χ3v) is 3.70. The average molecular weight is 370 g/mol. The maximum atomic E-state index is 12.6. The Hall–Kier alpha value is -3.19. The van der Waals surface area contributed by atoms with Gasteiger partial charge in [0.1, 0.15) is 6.54 Å². The molecule has 1 unspecified atom stereocenters. The van der Waals surface area contributed by atoms with E-state index in [0.29, 0.717) is 17.9 Å². The Morgan fingerprint density at radius 1 is 1.04 bits per heavy atom. The Labute approximate surface area is 157 Å². The molecule has 0 aliphatic carbocycles. The van der Waals surface area contributed by atoms with Crippen molar-refractivity contribution < 1.29 is 24.2 Å². The van der Waals surface area contributed by atoms with Gasteiger partial charge in [-0.3, -0.25) is 14.4 Å². The van der Waals surface area contributed by atoms with Gasteiger partial charge in [-0.1, -0.05) is 42.5 Å². The van der Waals surface area contributed by atoms with Gasteiger partial charge in [0.05, 0.1) is 6.42 Å². The van der Waals surface area contributed by atoms with Gasteiger partial charge in [-0.15, -0.1) is 0 Å². The molecule has 0 saturated carbocycles. The molecule has 0 aliphatic rings. The molecule has 27 heavy (non-hydrogen) atoms. The van der Waals surface area contributed by atoms with E-state index in [-0.39, 0.29) is 18.2 Å². The number of amides is 2. The molecule has 0 bridgehead atoms. The van der Waals surface area contributed by atoms with Crippen LogP contribution in [0.25, 0.3) is 0 Å². The van der Waals surface area contributed by atoms with Crippen molar-refractivity contribution in [1.29, 1.82) is 0 Å². The van der Waals surface area contributed by atoms with Crippen molar-refractivity contribution >= 4 is 23.5 Å². The zero-order valence-corrected chi connectivity index (χ0v) is 15.0. The number of carbonyl (C=O) groups is 3. The maximum absolute atomic E-state index is 12.6. The van der Waals surface area contributed by atoms with E-state index < -0.39 is 18.6 Å². The van der Waals surface area contributed by atoms with Crippen LogP contribution >= 0.6 is 0 Å². The van der Waals surface area contributed by atoms with Crippen molar-refractivity contribution in [1.82, 2.24) is 5.32 Å². The van der Waals surface area contributed by atoms with Crippen molar-refractivity contribution in [3.05, 3.63) is 65.7 Å². The summed E-state index contributed by atoms with van der Waals surface area (Å²) < 4.78 is 5.57. The van der Waals surface area contributed by atoms with E-state index in [9.17, 15) is 14.4 Å². The minimum absolute atomic E-state index is 0.0626. The minimum Gasteiger partial charge on any atom is -0.480 e. The SMILES string of the molecule is CCOC(C(=O)Nc1ccc(CC(=O)NCC(=O)O)cc1)c1ccccc1. The molecule has 7 heteroatoms. The summed E-state index contributed by atoms with van der Waals surface area (Å²) in [6.45, 7) is 1.82. The molecule has 2 amide bonds. The second kappa shape index (κ2) is 10.1. The summed E-state index contributed by atoms with van der Waals surface area (Å²) in [6.07, 6.45) is -0.648. The number of carboxylic acids is 1. The van der Waals surface area contributed by atoms with E-state index in [1.807, 2.05) is 37.3 Å². The molecule has 0 fully saturated rings. The Morgan fingerprint density at radius 3 is 2.30 bits per heavy atom. The Balaban J connectivity index is 1.97. The zero-order chi connectivity index (χ0) is 19.6.